The Kier molecular flexibility index (Phi) is 2.16. The Morgan fingerprint density at radius 2 is 2.27 bits per heavy atom. The van der Waals surface area contributed by atoms with Gasteiger partial charge in [0, 0.05) is 6.92 Å². The van der Waals surface area contributed by atoms with Gasteiger partial charge in [-0.05, 0) is 11.4 Å². The summed E-state index contributed by atoms with van der Waals surface area (Å²) in [4.78, 5) is 38.0. The fourth-order valence-electron chi connectivity index (χ4n) is 1.08. The number of aromatic nitrogens is 1. The Balaban J connectivity index is 2.82. The van der Waals surface area contributed by atoms with Crippen molar-refractivity contribution >= 4 is 27.5 Å². The molecule has 0 aliphatic heterocycles. The number of carbonyl (C=O) groups excluding carboxylic acids is 1. The largest absolute Gasteiger partial charge is 0.457 e. The predicted octanol–water partition coefficient (Wildman–Crippen LogP) is -0.00870. The summed E-state index contributed by atoms with van der Waals surface area (Å²) in [7, 11) is 0. The van der Waals surface area contributed by atoms with E-state index < -0.39 is 17.4 Å². The van der Waals surface area contributed by atoms with Crippen molar-refractivity contribution in [3.05, 3.63) is 32.4 Å². The molecule has 0 aliphatic rings. The van der Waals surface area contributed by atoms with Crippen molar-refractivity contribution in [2.75, 3.05) is 0 Å². The minimum absolute atomic E-state index is 0.209. The summed E-state index contributed by atoms with van der Waals surface area (Å²) in [5.41, 5.74) is -0.736. The summed E-state index contributed by atoms with van der Waals surface area (Å²) >= 11 is 1.11. The first kappa shape index (κ1) is 9.66. The van der Waals surface area contributed by atoms with E-state index >= 15 is 0 Å². The number of thiophene rings is 1. The van der Waals surface area contributed by atoms with Gasteiger partial charge in [0.05, 0.1) is 5.39 Å². The summed E-state index contributed by atoms with van der Waals surface area (Å²) in [6, 6.07) is 1.49. The highest BCUT2D eigenvalue weighted by atomic mass is 32.1. The van der Waals surface area contributed by atoms with E-state index in [1.165, 1.54) is 6.07 Å². The molecule has 0 spiro atoms. The Morgan fingerprint density at radius 3 is 2.93 bits per heavy atom. The molecule has 0 unspecified atom stereocenters. The SMILES string of the molecule is CC(=O)On1c(=O)oc(=O)c2ccsc21. The van der Waals surface area contributed by atoms with Crippen LogP contribution in [0.2, 0.25) is 0 Å². The first-order valence-corrected chi connectivity index (χ1v) is 4.80. The standard InChI is InChI=1S/C8H5NO5S/c1-4(10)14-9-6-5(2-3-15-6)7(11)13-8(9)12/h2-3H,1H3. The van der Waals surface area contributed by atoms with E-state index in [0.717, 1.165) is 18.3 Å². The van der Waals surface area contributed by atoms with Crippen molar-refractivity contribution < 1.29 is 14.0 Å². The molecule has 0 radical (unpaired) electrons. The van der Waals surface area contributed by atoms with Crippen LogP contribution >= 0.6 is 11.3 Å². The van der Waals surface area contributed by atoms with Gasteiger partial charge in [0.2, 0.25) is 0 Å². The molecule has 0 fully saturated rings. The van der Waals surface area contributed by atoms with Crippen LogP contribution in [0.25, 0.3) is 10.2 Å². The highest BCUT2D eigenvalue weighted by Crippen LogP contribution is 2.14. The minimum Gasteiger partial charge on any atom is -0.370 e. The first-order chi connectivity index (χ1) is 7.09. The molecule has 0 N–H and O–H groups in total. The second-order valence-corrected chi connectivity index (χ2v) is 3.57. The van der Waals surface area contributed by atoms with Crippen molar-refractivity contribution in [2.24, 2.45) is 0 Å². The molecule has 0 aromatic carbocycles. The molecule has 6 nitrogen and oxygen atoms in total. The third kappa shape index (κ3) is 1.57. The van der Waals surface area contributed by atoms with Crippen LogP contribution in [0.3, 0.4) is 0 Å². The molecule has 2 rings (SSSR count). The van der Waals surface area contributed by atoms with Crippen molar-refractivity contribution in [3.8, 4) is 0 Å². The fourth-order valence-corrected chi connectivity index (χ4v) is 1.90. The average molecular weight is 227 g/mol. The van der Waals surface area contributed by atoms with Crippen molar-refractivity contribution in [3.63, 3.8) is 0 Å². The zero-order valence-corrected chi connectivity index (χ0v) is 8.37. The van der Waals surface area contributed by atoms with E-state index in [1.54, 1.807) is 5.38 Å². The minimum atomic E-state index is -1.01. The van der Waals surface area contributed by atoms with Gasteiger partial charge in [-0.2, -0.15) is 0 Å². The highest BCUT2D eigenvalue weighted by Gasteiger charge is 2.12. The van der Waals surface area contributed by atoms with Gasteiger partial charge in [-0.1, -0.05) is 4.73 Å². The van der Waals surface area contributed by atoms with Crippen LogP contribution in [0.15, 0.2) is 25.5 Å². The van der Waals surface area contributed by atoms with Crippen molar-refractivity contribution in [2.45, 2.75) is 6.92 Å². The maximum atomic E-state index is 11.2. The topological polar surface area (TPSA) is 78.5 Å². The quantitative estimate of drug-likeness (QED) is 0.684. The molecule has 0 atom stereocenters. The number of fused-ring (bicyclic) bond motifs is 1. The predicted molar refractivity (Wildman–Crippen MR) is 51.9 cm³/mol. The van der Waals surface area contributed by atoms with E-state index in [4.69, 9.17) is 0 Å². The summed E-state index contributed by atoms with van der Waals surface area (Å²) in [6.07, 6.45) is 0. The molecule has 7 heteroatoms. The molecule has 2 aromatic rings. The van der Waals surface area contributed by atoms with Gasteiger partial charge in [0.1, 0.15) is 0 Å². The van der Waals surface area contributed by atoms with Gasteiger partial charge >= 0.3 is 17.4 Å². The van der Waals surface area contributed by atoms with Crippen LogP contribution in [-0.2, 0) is 4.79 Å². The molecule has 0 saturated carbocycles. The third-order valence-corrected chi connectivity index (χ3v) is 2.50. The van der Waals surface area contributed by atoms with Crippen LogP contribution in [0.5, 0.6) is 0 Å². The lowest BCUT2D eigenvalue weighted by Gasteiger charge is -2.02. The number of hydrogen-bond donors (Lipinski definition) is 0. The highest BCUT2D eigenvalue weighted by molar-refractivity contribution is 7.16. The van der Waals surface area contributed by atoms with Crippen LogP contribution < -0.4 is 16.2 Å². The fraction of sp³-hybridized carbons (Fsp3) is 0.125. The van der Waals surface area contributed by atoms with E-state index in [9.17, 15) is 14.4 Å². The molecule has 0 bridgehead atoms. The van der Waals surface area contributed by atoms with Gasteiger partial charge in [0.25, 0.3) is 0 Å². The second kappa shape index (κ2) is 3.35. The summed E-state index contributed by atoms with van der Waals surface area (Å²) < 4.78 is 5.03. The normalized spacial score (nSPS) is 10.5. The monoisotopic (exact) mass is 227 g/mol. The molecule has 0 amide bonds. The van der Waals surface area contributed by atoms with E-state index in [2.05, 4.69) is 9.25 Å². The Labute approximate surface area is 86.3 Å². The van der Waals surface area contributed by atoms with Gasteiger partial charge in [-0.25, -0.2) is 14.4 Å². The summed E-state index contributed by atoms with van der Waals surface area (Å²) in [6.45, 7) is 1.15. The molecule has 15 heavy (non-hydrogen) atoms. The lowest BCUT2D eigenvalue weighted by Crippen LogP contribution is -2.31. The van der Waals surface area contributed by atoms with Gasteiger partial charge < -0.3 is 9.25 Å². The van der Waals surface area contributed by atoms with Crippen LogP contribution in [0.1, 0.15) is 6.92 Å². The number of nitrogens with zero attached hydrogens (tertiary/aromatic N) is 1. The molecule has 78 valence electrons. The van der Waals surface area contributed by atoms with Gasteiger partial charge in [-0.15, -0.1) is 11.3 Å². The van der Waals surface area contributed by atoms with E-state index in [-0.39, 0.29) is 10.2 Å². The van der Waals surface area contributed by atoms with E-state index in [1.807, 2.05) is 0 Å². The number of rotatable bonds is 1. The average Bonchev–Trinajstić information content (AvgIpc) is 2.60. The summed E-state index contributed by atoms with van der Waals surface area (Å²) in [5, 5.41) is 1.81. The van der Waals surface area contributed by atoms with Crippen molar-refractivity contribution in [1.29, 1.82) is 0 Å². The zero-order chi connectivity index (χ0) is 11.0. The summed E-state index contributed by atoms with van der Waals surface area (Å²) in [5.74, 6) is -1.68. The van der Waals surface area contributed by atoms with Crippen molar-refractivity contribution in [1.82, 2.24) is 4.73 Å². The zero-order valence-electron chi connectivity index (χ0n) is 7.55. The Bertz CT molecular complexity index is 634. The van der Waals surface area contributed by atoms with Crippen LogP contribution in [0, 0.1) is 0 Å². The number of hydrogen-bond acceptors (Lipinski definition) is 6. The van der Waals surface area contributed by atoms with E-state index in [0.29, 0.717) is 4.73 Å². The molecule has 2 heterocycles. The third-order valence-electron chi connectivity index (χ3n) is 1.61. The lowest BCUT2D eigenvalue weighted by molar-refractivity contribution is -0.142. The Hall–Kier alpha value is -1.89. The molecule has 0 aliphatic carbocycles. The lowest BCUT2D eigenvalue weighted by atomic mass is 10.4. The first-order valence-electron chi connectivity index (χ1n) is 3.92. The Morgan fingerprint density at radius 1 is 1.53 bits per heavy atom. The van der Waals surface area contributed by atoms with Crippen LogP contribution in [-0.4, -0.2) is 10.7 Å². The molecule has 2 aromatic heterocycles. The van der Waals surface area contributed by atoms with Gasteiger partial charge in [0.15, 0.2) is 4.83 Å². The van der Waals surface area contributed by atoms with Gasteiger partial charge in [-0.3, -0.25) is 0 Å². The maximum Gasteiger partial charge on any atom is 0.457 e. The molecular weight excluding hydrogens is 222 g/mol. The molecular formula is C8H5NO5S. The maximum absolute atomic E-state index is 11.2. The smallest absolute Gasteiger partial charge is 0.370 e. The second-order valence-electron chi connectivity index (χ2n) is 2.67. The van der Waals surface area contributed by atoms with Crippen LogP contribution in [0.4, 0.5) is 0 Å². The number of carbonyl (C=O) groups is 1. The molecule has 0 saturated heterocycles.